The standard InChI is InChI=1S/C31H37Cl2N3O5S/c1-4-6-19-34-31(38)29(5-2)35(20-26-27(32)13-10-14-28(26)33)30(37)21-36(42(3,39)40)24-15-17-25(18-16-24)41-22-23-11-8-7-9-12-23/h7-18,29H,4-6,19-22H2,1-3H3,(H,34,38)/t29-/m0/s1. The molecule has 0 fully saturated rings. The highest BCUT2D eigenvalue weighted by Crippen LogP contribution is 2.28. The van der Waals surface area contributed by atoms with Crippen molar-refractivity contribution < 1.29 is 22.7 Å². The average molecular weight is 635 g/mol. The first-order valence-electron chi connectivity index (χ1n) is 13.8. The zero-order valence-electron chi connectivity index (χ0n) is 24.1. The molecule has 8 nitrogen and oxygen atoms in total. The Balaban J connectivity index is 1.87. The van der Waals surface area contributed by atoms with Crippen molar-refractivity contribution in [2.75, 3.05) is 23.7 Å². The summed E-state index contributed by atoms with van der Waals surface area (Å²) in [4.78, 5) is 28.4. The number of carbonyl (C=O) groups is 2. The number of anilines is 1. The van der Waals surface area contributed by atoms with Crippen LogP contribution in [0.2, 0.25) is 10.0 Å². The van der Waals surface area contributed by atoms with Gasteiger partial charge in [-0.15, -0.1) is 0 Å². The Morgan fingerprint density at radius 2 is 1.57 bits per heavy atom. The largest absolute Gasteiger partial charge is 0.489 e. The first kappa shape index (κ1) is 33.2. The predicted molar refractivity (Wildman–Crippen MR) is 168 cm³/mol. The third kappa shape index (κ3) is 9.37. The van der Waals surface area contributed by atoms with Gasteiger partial charge in [0.1, 0.15) is 24.9 Å². The third-order valence-corrected chi connectivity index (χ3v) is 8.51. The summed E-state index contributed by atoms with van der Waals surface area (Å²) in [5, 5.41) is 3.57. The molecule has 0 aliphatic carbocycles. The molecule has 0 saturated heterocycles. The lowest BCUT2D eigenvalue weighted by Gasteiger charge is -2.33. The van der Waals surface area contributed by atoms with E-state index in [1.807, 2.05) is 37.3 Å². The number of hydrogen-bond donors (Lipinski definition) is 1. The monoisotopic (exact) mass is 633 g/mol. The van der Waals surface area contributed by atoms with Gasteiger partial charge in [-0.05, 0) is 54.8 Å². The first-order valence-corrected chi connectivity index (χ1v) is 16.4. The Morgan fingerprint density at radius 3 is 2.14 bits per heavy atom. The molecule has 0 saturated carbocycles. The van der Waals surface area contributed by atoms with Crippen LogP contribution < -0.4 is 14.4 Å². The third-order valence-electron chi connectivity index (χ3n) is 6.66. The van der Waals surface area contributed by atoms with Gasteiger partial charge >= 0.3 is 0 Å². The minimum Gasteiger partial charge on any atom is -0.489 e. The molecule has 11 heteroatoms. The van der Waals surface area contributed by atoms with Gasteiger partial charge in [0.05, 0.1) is 11.9 Å². The number of amides is 2. The van der Waals surface area contributed by atoms with Crippen LogP contribution >= 0.6 is 23.2 Å². The van der Waals surface area contributed by atoms with E-state index in [1.54, 1.807) is 49.4 Å². The Hall–Kier alpha value is -3.27. The van der Waals surface area contributed by atoms with Crippen LogP contribution in [0.25, 0.3) is 0 Å². The lowest BCUT2D eigenvalue weighted by Crippen LogP contribution is -2.52. The summed E-state index contributed by atoms with van der Waals surface area (Å²) in [7, 11) is -3.88. The van der Waals surface area contributed by atoms with Crippen molar-refractivity contribution in [1.82, 2.24) is 10.2 Å². The number of sulfonamides is 1. The lowest BCUT2D eigenvalue weighted by molar-refractivity contribution is -0.140. The number of rotatable bonds is 15. The number of nitrogens with one attached hydrogen (secondary N) is 1. The van der Waals surface area contributed by atoms with Crippen molar-refractivity contribution in [3.63, 3.8) is 0 Å². The highest BCUT2D eigenvalue weighted by Gasteiger charge is 2.32. The van der Waals surface area contributed by atoms with Gasteiger partial charge in [-0.25, -0.2) is 8.42 Å². The molecule has 42 heavy (non-hydrogen) atoms. The summed E-state index contributed by atoms with van der Waals surface area (Å²) >= 11 is 12.8. The fourth-order valence-corrected chi connectivity index (χ4v) is 5.71. The summed E-state index contributed by atoms with van der Waals surface area (Å²) in [6, 6.07) is 20.2. The van der Waals surface area contributed by atoms with E-state index in [9.17, 15) is 18.0 Å². The molecule has 3 aromatic rings. The Labute approximate surface area is 258 Å². The van der Waals surface area contributed by atoms with Gasteiger partial charge in [0.25, 0.3) is 0 Å². The molecular formula is C31H37Cl2N3O5S. The van der Waals surface area contributed by atoms with E-state index in [4.69, 9.17) is 27.9 Å². The van der Waals surface area contributed by atoms with E-state index in [-0.39, 0.29) is 18.1 Å². The fourth-order valence-electron chi connectivity index (χ4n) is 4.34. The topological polar surface area (TPSA) is 96.0 Å². The van der Waals surface area contributed by atoms with E-state index in [2.05, 4.69) is 5.32 Å². The minimum atomic E-state index is -3.88. The molecule has 0 radical (unpaired) electrons. The van der Waals surface area contributed by atoms with Gasteiger partial charge in [0.2, 0.25) is 21.8 Å². The molecule has 0 heterocycles. The summed E-state index contributed by atoms with van der Waals surface area (Å²) in [5.41, 5.74) is 1.75. The van der Waals surface area contributed by atoms with Crippen LogP contribution in [-0.2, 0) is 32.8 Å². The number of ether oxygens (including phenoxy) is 1. The second kappa shape index (κ2) is 15.8. The van der Waals surface area contributed by atoms with Crippen LogP contribution in [0.1, 0.15) is 44.2 Å². The average Bonchev–Trinajstić information content (AvgIpc) is 2.96. The van der Waals surface area contributed by atoms with E-state index in [0.717, 1.165) is 29.0 Å². The van der Waals surface area contributed by atoms with Gasteiger partial charge in [0, 0.05) is 28.7 Å². The van der Waals surface area contributed by atoms with Crippen LogP contribution in [0, 0.1) is 0 Å². The number of unbranched alkanes of at least 4 members (excludes halogenated alkanes) is 1. The molecule has 0 spiro atoms. The van der Waals surface area contributed by atoms with Gasteiger partial charge in [-0.2, -0.15) is 0 Å². The van der Waals surface area contributed by atoms with E-state index >= 15 is 0 Å². The number of halogens is 2. The molecule has 226 valence electrons. The SMILES string of the molecule is CCCCNC(=O)[C@H](CC)N(Cc1c(Cl)cccc1Cl)C(=O)CN(c1ccc(OCc2ccccc2)cc1)S(C)(=O)=O. The second-order valence-electron chi connectivity index (χ2n) is 9.83. The van der Waals surface area contributed by atoms with E-state index in [1.165, 1.54) is 4.90 Å². The molecule has 2 amide bonds. The maximum Gasteiger partial charge on any atom is 0.244 e. The smallest absolute Gasteiger partial charge is 0.244 e. The van der Waals surface area contributed by atoms with Crippen LogP contribution in [0.4, 0.5) is 5.69 Å². The predicted octanol–water partition coefficient (Wildman–Crippen LogP) is 6.06. The van der Waals surface area contributed by atoms with Crippen molar-refractivity contribution in [2.24, 2.45) is 0 Å². The number of nitrogens with zero attached hydrogens (tertiary/aromatic N) is 2. The Kier molecular flexibility index (Phi) is 12.5. The maximum atomic E-state index is 13.9. The van der Waals surface area contributed by atoms with Crippen molar-refractivity contribution in [2.45, 2.75) is 52.3 Å². The van der Waals surface area contributed by atoms with Crippen molar-refractivity contribution in [3.8, 4) is 5.75 Å². The summed E-state index contributed by atoms with van der Waals surface area (Å²) in [6.07, 6.45) is 3.02. The molecule has 3 rings (SSSR count). The van der Waals surface area contributed by atoms with Gasteiger partial charge in [-0.1, -0.05) is 79.9 Å². The summed E-state index contributed by atoms with van der Waals surface area (Å²) < 4.78 is 32.6. The molecule has 0 aliphatic heterocycles. The van der Waals surface area contributed by atoms with Crippen LogP contribution in [0.3, 0.4) is 0 Å². The molecule has 0 bridgehead atoms. The van der Waals surface area contributed by atoms with Crippen LogP contribution in [-0.4, -0.2) is 50.5 Å². The zero-order chi connectivity index (χ0) is 30.7. The molecule has 0 aromatic heterocycles. The molecule has 0 aliphatic rings. The van der Waals surface area contributed by atoms with E-state index in [0.29, 0.717) is 40.9 Å². The highest BCUT2D eigenvalue weighted by molar-refractivity contribution is 7.92. The summed E-state index contributed by atoms with van der Waals surface area (Å²) in [6.45, 7) is 4.04. The zero-order valence-corrected chi connectivity index (χ0v) is 26.4. The quantitative estimate of drug-likeness (QED) is 0.205. The molecule has 1 atom stereocenters. The Bertz CT molecular complexity index is 1420. The molecule has 1 N–H and O–H groups in total. The fraction of sp³-hybridized carbons (Fsp3) is 0.355. The van der Waals surface area contributed by atoms with Gasteiger partial charge in [0.15, 0.2) is 0 Å². The van der Waals surface area contributed by atoms with Crippen LogP contribution in [0.5, 0.6) is 5.75 Å². The summed E-state index contributed by atoms with van der Waals surface area (Å²) in [5.74, 6) is -0.348. The molecule has 3 aromatic carbocycles. The first-order chi connectivity index (χ1) is 20.0. The molecular weight excluding hydrogens is 597 g/mol. The van der Waals surface area contributed by atoms with Crippen LogP contribution in [0.15, 0.2) is 72.8 Å². The highest BCUT2D eigenvalue weighted by atomic mass is 35.5. The lowest BCUT2D eigenvalue weighted by atomic mass is 10.1. The van der Waals surface area contributed by atoms with E-state index < -0.39 is 28.5 Å². The Morgan fingerprint density at radius 1 is 0.929 bits per heavy atom. The number of hydrogen-bond acceptors (Lipinski definition) is 5. The van der Waals surface area contributed by atoms with Gasteiger partial charge < -0.3 is 15.0 Å². The maximum absolute atomic E-state index is 13.9. The number of benzene rings is 3. The van der Waals surface area contributed by atoms with Crippen molar-refractivity contribution in [3.05, 3.63) is 94.0 Å². The second-order valence-corrected chi connectivity index (χ2v) is 12.5. The number of carbonyl (C=O) groups excluding carboxylic acids is 2. The van der Waals surface area contributed by atoms with Crippen molar-refractivity contribution in [1.29, 1.82) is 0 Å². The van der Waals surface area contributed by atoms with Gasteiger partial charge in [-0.3, -0.25) is 13.9 Å². The minimum absolute atomic E-state index is 0.0685. The van der Waals surface area contributed by atoms with Crippen molar-refractivity contribution >= 4 is 50.7 Å². The molecule has 0 unspecified atom stereocenters. The normalized spacial score (nSPS) is 11.9.